The van der Waals surface area contributed by atoms with Crippen molar-refractivity contribution in [2.75, 3.05) is 45.9 Å². The SMILES string of the molecule is Cc1ccsc1CN(Cc1ccc(F)cc1)C(=O)CN(CCN1CCOCC1)S(=O)(=O)c1ccc(Cl)c([N+](=O)[O-])c1. The van der Waals surface area contributed by atoms with E-state index in [9.17, 15) is 27.7 Å². The zero-order valence-electron chi connectivity index (χ0n) is 22.4. The summed E-state index contributed by atoms with van der Waals surface area (Å²) in [5, 5.41) is 13.2. The molecule has 1 aliphatic rings. The average Bonchev–Trinajstić information content (AvgIpc) is 3.36. The smallest absolute Gasteiger partial charge is 0.289 e. The molecule has 0 spiro atoms. The molecule has 0 radical (unpaired) electrons. The minimum atomic E-state index is -4.33. The van der Waals surface area contributed by atoms with Crippen molar-refractivity contribution in [1.82, 2.24) is 14.1 Å². The number of rotatable bonds is 12. The molecule has 2 heterocycles. The molecule has 0 bridgehead atoms. The van der Waals surface area contributed by atoms with Crippen molar-refractivity contribution < 1.29 is 27.3 Å². The van der Waals surface area contributed by atoms with Crippen molar-refractivity contribution in [1.29, 1.82) is 0 Å². The van der Waals surface area contributed by atoms with Gasteiger partial charge < -0.3 is 9.64 Å². The number of sulfonamides is 1. The lowest BCUT2D eigenvalue weighted by Gasteiger charge is -2.31. The van der Waals surface area contributed by atoms with Gasteiger partial charge in [0.15, 0.2) is 0 Å². The Morgan fingerprint density at radius 3 is 2.49 bits per heavy atom. The molecule has 1 aromatic heterocycles. The molecule has 14 heteroatoms. The Balaban J connectivity index is 1.64. The lowest BCUT2D eigenvalue weighted by atomic mass is 10.2. The highest BCUT2D eigenvalue weighted by atomic mass is 35.5. The van der Waals surface area contributed by atoms with E-state index in [-0.39, 0.29) is 29.6 Å². The fourth-order valence-electron chi connectivity index (χ4n) is 4.34. The maximum atomic E-state index is 13.8. The van der Waals surface area contributed by atoms with Crippen molar-refractivity contribution in [2.24, 2.45) is 0 Å². The maximum absolute atomic E-state index is 13.8. The highest BCUT2D eigenvalue weighted by Crippen LogP contribution is 2.29. The van der Waals surface area contributed by atoms with Gasteiger partial charge in [-0.05, 0) is 53.8 Å². The molecule has 220 valence electrons. The van der Waals surface area contributed by atoms with Crippen LogP contribution in [0.1, 0.15) is 16.0 Å². The van der Waals surface area contributed by atoms with Gasteiger partial charge in [0, 0.05) is 43.7 Å². The molecule has 0 unspecified atom stereocenters. The van der Waals surface area contributed by atoms with Crippen LogP contribution < -0.4 is 0 Å². The maximum Gasteiger partial charge on any atom is 0.289 e. The van der Waals surface area contributed by atoms with Crippen molar-refractivity contribution in [3.8, 4) is 0 Å². The number of amides is 1. The molecule has 0 aliphatic carbocycles. The summed E-state index contributed by atoms with van der Waals surface area (Å²) in [6.45, 7) is 4.39. The van der Waals surface area contributed by atoms with Gasteiger partial charge in [0.25, 0.3) is 5.69 Å². The number of benzene rings is 2. The zero-order valence-corrected chi connectivity index (χ0v) is 24.8. The quantitative estimate of drug-likeness (QED) is 0.218. The van der Waals surface area contributed by atoms with Gasteiger partial charge in [-0.25, -0.2) is 12.8 Å². The van der Waals surface area contributed by atoms with Crippen LogP contribution in [0.25, 0.3) is 0 Å². The molecule has 1 amide bonds. The topological polar surface area (TPSA) is 113 Å². The number of ether oxygens (including phenoxy) is 1. The van der Waals surface area contributed by atoms with E-state index in [1.54, 1.807) is 12.1 Å². The zero-order chi connectivity index (χ0) is 29.6. The molecular weight excluding hydrogens is 595 g/mol. The number of hydrogen-bond acceptors (Lipinski definition) is 8. The number of nitrogens with zero attached hydrogens (tertiary/aromatic N) is 4. The van der Waals surface area contributed by atoms with Gasteiger partial charge in [0.05, 0.1) is 36.1 Å². The molecule has 1 fully saturated rings. The molecular formula is C27H30ClFN4O6S2. The van der Waals surface area contributed by atoms with Crippen molar-refractivity contribution in [3.05, 3.63) is 90.9 Å². The van der Waals surface area contributed by atoms with Crippen molar-refractivity contribution in [3.63, 3.8) is 0 Å². The normalized spacial score (nSPS) is 14.3. The third-order valence-corrected chi connectivity index (χ3v) is 9.94. The Bertz CT molecular complexity index is 1480. The molecule has 3 aromatic rings. The molecule has 0 atom stereocenters. The standard InChI is InChI=1S/C27H30ClFN4O6S2/c1-20-8-15-40-26(20)18-31(17-21-2-4-22(29)5-3-21)27(34)19-32(10-9-30-11-13-39-14-12-30)41(37,38)23-6-7-24(28)25(16-23)33(35)36/h2-8,15-16H,9-14,17-19H2,1H3. The number of aryl methyl sites for hydroxylation is 1. The van der Waals surface area contributed by atoms with Crippen molar-refractivity contribution >= 4 is 44.6 Å². The Kier molecular flexibility index (Phi) is 10.4. The van der Waals surface area contributed by atoms with Crippen LogP contribution in [0.5, 0.6) is 0 Å². The van der Waals surface area contributed by atoms with Crippen LogP contribution in [0.4, 0.5) is 10.1 Å². The van der Waals surface area contributed by atoms with E-state index in [1.165, 1.54) is 34.4 Å². The summed E-state index contributed by atoms with van der Waals surface area (Å²) < 4.78 is 47.6. The average molecular weight is 625 g/mol. The lowest BCUT2D eigenvalue weighted by Crippen LogP contribution is -2.47. The van der Waals surface area contributed by atoms with Crippen LogP contribution in [0.2, 0.25) is 5.02 Å². The Morgan fingerprint density at radius 2 is 1.85 bits per heavy atom. The van der Waals surface area contributed by atoms with Crippen LogP contribution in [0.15, 0.2) is 58.8 Å². The molecule has 0 N–H and O–H groups in total. The van der Waals surface area contributed by atoms with Gasteiger partial charge in [-0.3, -0.25) is 19.8 Å². The molecule has 4 rings (SSSR count). The summed E-state index contributed by atoms with van der Waals surface area (Å²) in [6.07, 6.45) is 0. The van der Waals surface area contributed by atoms with Gasteiger partial charge in [0.2, 0.25) is 15.9 Å². The van der Waals surface area contributed by atoms with E-state index >= 15 is 0 Å². The summed E-state index contributed by atoms with van der Waals surface area (Å²) in [6, 6.07) is 11.0. The Labute approximate surface area is 247 Å². The number of thiophene rings is 1. The second kappa shape index (κ2) is 13.8. The summed E-state index contributed by atoms with van der Waals surface area (Å²) in [5.74, 6) is -0.866. The van der Waals surface area contributed by atoms with Crippen molar-refractivity contribution in [2.45, 2.75) is 24.9 Å². The minimum absolute atomic E-state index is 0.0209. The van der Waals surface area contributed by atoms with Crippen LogP contribution >= 0.6 is 22.9 Å². The fraction of sp³-hybridized carbons (Fsp3) is 0.370. The number of hydrogen-bond donors (Lipinski definition) is 0. The summed E-state index contributed by atoms with van der Waals surface area (Å²) in [7, 11) is -4.33. The number of carbonyl (C=O) groups is 1. The van der Waals surface area contributed by atoms with E-state index in [0.717, 1.165) is 26.9 Å². The third kappa shape index (κ3) is 8.09. The van der Waals surface area contributed by atoms with E-state index in [4.69, 9.17) is 16.3 Å². The number of nitro benzene ring substituents is 1. The first-order valence-corrected chi connectivity index (χ1v) is 15.5. The monoisotopic (exact) mass is 624 g/mol. The van der Waals surface area contributed by atoms with Crippen LogP contribution in [-0.2, 0) is 32.6 Å². The van der Waals surface area contributed by atoms with Gasteiger partial charge in [-0.1, -0.05) is 23.7 Å². The minimum Gasteiger partial charge on any atom is -0.379 e. The van der Waals surface area contributed by atoms with Gasteiger partial charge in [0.1, 0.15) is 10.8 Å². The Morgan fingerprint density at radius 1 is 1.15 bits per heavy atom. The summed E-state index contributed by atoms with van der Waals surface area (Å²) in [5.41, 5.74) is 1.14. The van der Waals surface area contributed by atoms with E-state index in [2.05, 4.69) is 0 Å². The molecule has 0 saturated carbocycles. The van der Waals surface area contributed by atoms with Gasteiger partial charge in [-0.2, -0.15) is 4.31 Å². The number of morpholine rings is 1. The van der Waals surface area contributed by atoms with E-state index < -0.39 is 38.9 Å². The first-order chi connectivity index (χ1) is 19.5. The highest BCUT2D eigenvalue weighted by Gasteiger charge is 2.31. The first kappa shape index (κ1) is 31.0. The molecule has 1 saturated heterocycles. The first-order valence-electron chi connectivity index (χ1n) is 12.8. The molecule has 1 aliphatic heterocycles. The number of nitro groups is 1. The number of halogens is 2. The van der Waals surface area contributed by atoms with E-state index in [1.807, 2.05) is 23.3 Å². The second-order valence-electron chi connectivity index (χ2n) is 9.57. The lowest BCUT2D eigenvalue weighted by molar-refractivity contribution is -0.384. The summed E-state index contributed by atoms with van der Waals surface area (Å²) in [4.78, 5) is 28.7. The second-order valence-corrected chi connectivity index (χ2v) is 12.9. The predicted molar refractivity (Wildman–Crippen MR) is 154 cm³/mol. The Hall–Kier alpha value is -2.94. The molecule has 10 nitrogen and oxygen atoms in total. The van der Waals surface area contributed by atoms with E-state index in [0.29, 0.717) is 38.4 Å². The molecule has 2 aromatic carbocycles. The van der Waals surface area contributed by atoms with Crippen LogP contribution in [-0.4, -0.2) is 79.3 Å². The van der Waals surface area contributed by atoms with Gasteiger partial charge in [-0.15, -0.1) is 11.3 Å². The summed E-state index contributed by atoms with van der Waals surface area (Å²) >= 11 is 7.41. The largest absolute Gasteiger partial charge is 0.379 e. The predicted octanol–water partition coefficient (Wildman–Crippen LogP) is 4.31. The fourth-order valence-corrected chi connectivity index (χ4v) is 6.85. The highest BCUT2D eigenvalue weighted by molar-refractivity contribution is 7.89. The third-order valence-electron chi connectivity index (χ3n) is 6.78. The van der Waals surface area contributed by atoms with Gasteiger partial charge >= 0.3 is 0 Å². The van der Waals surface area contributed by atoms with Crippen LogP contribution in [0, 0.1) is 22.9 Å². The molecule has 41 heavy (non-hydrogen) atoms. The van der Waals surface area contributed by atoms with Crippen LogP contribution in [0.3, 0.4) is 0 Å². The number of carbonyl (C=O) groups excluding carboxylic acids is 1.